The minimum atomic E-state index is -0.258. The molecule has 3 heteroatoms. The Bertz CT molecular complexity index is 376. The molecule has 0 fully saturated rings. The van der Waals surface area contributed by atoms with E-state index in [1.807, 2.05) is 19.1 Å². The van der Waals surface area contributed by atoms with Crippen LogP contribution in [0.5, 0.6) is 0 Å². The summed E-state index contributed by atoms with van der Waals surface area (Å²) in [6.07, 6.45) is 2.19. The topological polar surface area (TPSA) is 46.3 Å². The molecule has 0 bridgehead atoms. The van der Waals surface area contributed by atoms with Gasteiger partial charge in [0.05, 0.1) is 0 Å². The molecule has 0 saturated heterocycles. The minimum Gasteiger partial charge on any atom is -0.368 e. The molecule has 1 unspecified atom stereocenters. The molecule has 0 aliphatic carbocycles. The lowest BCUT2D eigenvalue weighted by Gasteiger charge is -2.34. The highest BCUT2D eigenvalue weighted by atomic mass is 16.1. The average molecular weight is 204 g/mol. The van der Waals surface area contributed by atoms with Crippen LogP contribution in [0.3, 0.4) is 0 Å². The largest absolute Gasteiger partial charge is 0.368 e. The van der Waals surface area contributed by atoms with Gasteiger partial charge in [-0.3, -0.25) is 4.79 Å². The summed E-state index contributed by atoms with van der Waals surface area (Å²) in [5, 5.41) is 0. The molecule has 2 N–H and O–H groups in total. The molecule has 2 rings (SSSR count). The highest BCUT2D eigenvalue weighted by Gasteiger charge is 2.23. The number of hydrogen-bond acceptors (Lipinski definition) is 2. The number of nitrogens with two attached hydrogens (primary N) is 1. The van der Waals surface area contributed by atoms with E-state index in [9.17, 15) is 4.79 Å². The number of carbonyl (C=O) groups excluding carboxylic acids is 1. The normalized spacial score (nSPS) is 17.0. The van der Waals surface area contributed by atoms with Crippen molar-refractivity contribution in [3.8, 4) is 0 Å². The first kappa shape index (κ1) is 10.0. The molecule has 0 spiro atoms. The third-order valence-corrected chi connectivity index (χ3v) is 3.03. The molecule has 0 radical (unpaired) electrons. The van der Waals surface area contributed by atoms with Crippen LogP contribution in [0, 0.1) is 0 Å². The fourth-order valence-corrected chi connectivity index (χ4v) is 2.12. The Labute approximate surface area is 89.9 Å². The molecule has 1 aliphatic heterocycles. The highest BCUT2D eigenvalue weighted by molar-refractivity contribution is 5.83. The second-order valence-electron chi connectivity index (χ2n) is 4.00. The molecule has 0 saturated carbocycles. The summed E-state index contributed by atoms with van der Waals surface area (Å²) in [6.45, 7) is 2.78. The molecule has 15 heavy (non-hydrogen) atoms. The van der Waals surface area contributed by atoms with Crippen molar-refractivity contribution in [2.75, 3.05) is 11.4 Å². The van der Waals surface area contributed by atoms with Gasteiger partial charge < -0.3 is 10.6 Å². The fraction of sp³-hybridized carbons (Fsp3) is 0.417. The number of nitrogens with zero attached hydrogens (tertiary/aromatic N) is 1. The van der Waals surface area contributed by atoms with Gasteiger partial charge in [0.15, 0.2) is 0 Å². The number of fused-ring (bicyclic) bond motifs is 1. The molecule has 1 heterocycles. The van der Waals surface area contributed by atoms with Crippen LogP contribution in [-0.4, -0.2) is 18.5 Å². The Balaban J connectivity index is 2.33. The lowest BCUT2D eigenvalue weighted by atomic mass is 10.0. The Kier molecular flexibility index (Phi) is 2.62. The van der Waals surface area contributed by atoms with Crippen molar-refractivity contribution >= 4 is 11.6 Å². The predicted molar refractivity (Wildman–Crippen MR) is 60.8 cm³/mol. The molecule has 80 valence electrons. The third kappa shape index (κ3) is 1.82. The van der Waals surface area contributed by atoms with Gasteiger partial charge in [0.2, 0.25) is 5.91 Å². The zero-order valence-corrected chi connectivity index (χ0v) is 8.94. The summed E-state index contributed by atoms with van der Waals surface area (Å²) in [7, 11) is 0. The van der Waals surface area contributed by atoms with Crippen molar-refractivity contribution < 1.29 is 4.79 Å². The number of amides is 1. The highest BCUT2D eigenvalue weighted by Crippen LogP contribution is 2.28. The maximum atomic E-state index is 11.2. The minimum absolute atomic E-state index is 0.216. The third-order valence-electron chi connectivity index (χ3n) is 3.03. The number of rotatable bonds is 2. The van der Waals surface area contributed by atoms with Gasteiger partial charge in [0.1, 0.15) is 6.04 Å². The van der Waals surface area contributed by atoms with E-state index in [-0.39, 0.29) is 11.9 Å². The summed E-state index contributed by atoms with van der Waals surface area (Å²) in [5.74, 6) is -0.258. The van der Waals surface area contributed by atoms with Crippen LogP contribution in [0.4, 0.5) is 5.69 Å². The molecule has 1 aromatic carbocycles. The van der Waals surface area contributed by atoms with Crippen LogP contribution in [0.25, 0.3) is 0 Å². The summed E-state index contributed by atoms with van der Waals surface area (Å²) in [6, 6.07) is 8.01. The molecule has 1 atom stereocenters. The van der Waals surface area contributed by atoms with Gasteiger partial charge in [0, 0.05) is 12.2 Å². The number of para-hydroxylation sites is 1. The number of anilines is 1. The number of aryl methyl sites for hydroxylation is 1. The fourth-order valence-electron chi connectivity index (χ4n) is 2.12. The quantitative estimate of drug-likeness (QED) is 0.789. The van der Waals surface area contributed by atoms with Gasteiger partial charge in [-0.25, -0.2) is 0 Å². The van der Waals surface area contributed by atoms with E-state index >= 15 is 0 Å². The van der Waals surface area contributed by atoms with Crippen molar-refractivity contribution in [3.05, 3.63) is 29.8 Å². The van der Waals surface area contributed by atoms with Crippen LogP contribution in [0.2, 0.25) is 0 Å². The van der Waals surface area contributed by atoms with Crippen LogP contribution >= 0.6 is 0 Å². The Morgan fingerprint density at radius 3 is 2.93 bits per heavy atom. The van der Waals surface area contributed by atoms with E-state index in [1.165, 1.54) is 5.56 Å². The first-order valence-corrected chi connectivity index (χ1v) is 5.34. The smallest absolute Gasteiger partial charge is 0.239 e. The molecular weight excluding hydrogens is 188 g/mol. The first-order valence-electron chi connectivity index (χ1n) is 5.34. The van der Waals surface area contributed by atoms with E-state index in [4.69, 9.17) is 5.73 Å². The second-order valence-corrected chi connectivity index (χ2v) is 4.00. The number of carbonyl (C=O) groups is 1. The maximum Gasteiger partial charge on any atom is 0.239 e. The van der Waals surface area contributed by atoms with Gasteiger partial charge in [0.25, 0.3) is 0 Å². The summed E-state index contributed by atoms with van der Waals surface area (Å²) >= 11 is 0. The Hall–Kier alpha value is -1.51. The first-order chi connectivity index (χ1) is 7.20. The van der Waals surface area contributed by atoms with E-state index in [2.05, 4.69) is 17.0 Å². The lowest BCUT2D eigenvalue weighted by Crippen LogP contribution is -2.45. The molecule has 0 aromatic heterocycles. The van der Waals surface area contributed by atoms with Crippen molar-refractivity contribution in [1.29, 1.82) is 0 Å². The molecule has 1 aromatic rings. The Morgan fingerprint density at radius 2 is 2.20 bits per heavy atom. The predicted octanol–water partition coefficient (Wildman–Crippen LogP) is 1.31. The van der Waals surface area contributed by atoms with Gasteiger partial charge in [-0.1, -0.05) is 18.2 Å². The zero-order valence-electron chi connectivity index (χ0n) is 8.94. The van der Waals surface area contributed by atoms with E-state index in [0.717, 1.165) is 25.1 Å². The molecular formula is C12H16N2O. The lowest BCUT2D eigenvalue weighted by molar-refractivity contribution is -0.119. The summed E-state index contributed by atoms with van der Waals surface area (Å²) < 4.78 is 0. The van der Waals surface area contributed by atoms with Crippen molar-refractivity contribution in [1.82, 2.24) is 0 Å². The van der Waals surface area contributed by atoms with E-state index in [0.29, 0.717) is 0 Å². The van der Waals surface area contributed by atoms with Crippen LogP contribution in [0.15, 0.2) is 24.3 Å². The summed E-state index contributed by atoms with van der Waals surface area (Å²) in [4.78, 5) is 13.3. The maximum absolute atomic E-state index is 11.2. The van der Waals surface area contributed by atoms with Crippen molar-refractivity contribution in [2.24, 2.45) is 5.73 Å². The Morgan fingerprint density at radius 1 is 1.47 bits per heavy atom. The van der Waals surface area contributed by atoms with Gasteiger partial charge in [-0.15, -0.1) is 0 Å². The number of benzene rings is 1. The van der Waals surface area contributed by atoms with E-state index < -0.39 is 0 Å². The average Bonchev–Trinajstić information content (AvgIpc) is 2.27. The summed E-state index contributed by atoms with van der Waals surface area (Å²) in [5.41, 5.74) is 7.82. The van der Waals surface area contributed by atoms with Gasteiger partial charge in [-0.2, -0.15) is 0 Å². The molecule has 1 aliphatic rings. The van der Waals surface area contributed by atoms with Crippen LogP contribution in [0.1, 0.15) is 18.9 Å². The molecule has 3 nitrogen and oxygen atoms in total. The van der Waals surface area contributed by atoms with Gasteiger partial charge in [-0.05, 0) is 31.4 Å². The zero-order chi connectivity index (χ0) is 10.8. The van der Waals surface area contributed by atoms with Crippen LogP contribution in [-0.2, 0) is 11.2 Å². The van der Waals surface area contributed by atoms with Crippen molar-refractivity contribution in [2.45, 2.75) is 25.8 Å². The number of primary amides is 1. The van der Waals surface area contributed by atoms with E-state index in [1.54, 1.807) is 0 Å². The number of hydrogen-bond donors (Lipinski definition) is 1. The second kappa shape index (κ2) is 3.93. The van der Waals surface area contributed by atoms with Crippen LogP contribution < -0.4 is 10.6 Å². The molecule has 1 amide bonds. The van der Waals surface area contributed by atoms with Gasteiger partial charge >= 0.3 is 0 Å². The SMILES string of the molecule is CC(C(N)=O)N1CCCc2ccccc21. The standard InChI is InChI=1S/C12H16N2O/c1-9(12(13)15)14-8-4-6-10-5-2-3-7-11(10)14/h2-3,5,7,9H,4,6,8H2,1H3,(H2,13,15). The van der Waals surface area contributed by atoms with Crippen molar-refractivity contribution in [3.63, 3.8) is 0 Å². The monoisotopic (exact) mass is 204 g/mol.